The molecule has 0 saturated heterocycles. The van der Waals surface area contributed by atoms with Crippen LogP contribution in [0.2, 0.25) is 0 Å². The van der Waals surface area contributed by atoms with Crippen molar-refractivity contribution in [3.8, 4) is 11.1 Å². The van der Waals surface area contributed by atoms with Gasteiger partial charge >= 0.3 is 5.97 Å². The molecular formula is C23H20O3. The van der Waals surface area contributed by atoms with Gasteiger partial charge < -0.3 is 4.74 Å². The van der Waals surface area contributed by atoms with E-state index < -0.39 is 0 Å². The lowest BCUT2D eigenvalue weighted by molar-refractivity contribution is 0.0526. The van der Waals surface area contributed by atoms with E-state index in [-0.39, 0.29) is 11.8 Å². The first-order valence-corrected chi connectivity index (χ1v) is 8.62. The molecule has 0 N–H and O–H groups in total. The number of rotatable bonds is 6. The fraction of sp³-hybridized carbons (Fsp3) is 0.130. The quantitative estimate of drug-likeness (QED) is 0.469. The molecule has 0 heterocycles. The molecule has 26 heavy (non-hydrogen) atoms. The number of Topliss-reactive ketones (excluding diaryl/α,β-unsaturated/α-hetero) is 1. The van der Waals surface area contributed by atoms with Crippen LogP contribution >= 0.6 is 0 Å². The van der Waals surface area contributed by atoms with E-state index in [4.69, 9.17) is 4.74 Å². The first-order valence-electron chi connectivity index (χ1n) is 8.62. The van der Waals surface area contributed by atoms with Gasteiger partial charge in [-0.2, -0.15) is 0 Å². The normalized spacial score (nSPS) is 10.3. The molecule has 3 heteroatoms. The summed E-state index contributed by atoms with van der Waals surface area (Å²) in [6, 6.07) is 24.5. The lowest BCUT2D eigenvalue weighted by Crippen LogP contribution is -2.04. The number of carbonyl (C=O) groups is 2. The molecule has 0 aliphatic heterocycles. The van der Waals surface area contributed by atoms with E-state index in [2.05, 4.69) is 0 Å². The first kappa shape index (κ1) is 17.6. The predicted molar refractivity (Wildman–Crippen MR) is 102 cm³/mol. The third kappa shape index (κ3) is 4.25. The molecule has 3 aromatic rings. The molecule has 3 nitrogen and oxygen atoms in total. The van der Waals surface area contributed by atoms with E-state index in [1.807, 2.05) is 66.7 Å². The molecule has 0 saturated carbocycles. The van der Waals surface area contributed by atoms with Gasteiger partial charge in [-0.15, -0.1) is 0 Å². The minimum atomic E-state index is -0.318. The lowest BCUT2D eigenvalue weighted by Gasteiger charge is -2.07. The summed E-state index contributed by atoms with van der Waals surface area (Å²) in [5.74, 6) is -0.221. The topological polar surface area (TPSA) is 43.4 Å². The highest BCUT2D eigenvalue weighted by Gasteiger charge is 2.09. The van der Waals surface area contributed by atoms with Gasteiger partial charge in [0.25, 0.3) is 0 Å². The largest absolute Gasteiger partial charge is 0.462 e. The van der Waals surface area contributed by atoms with Crippen LogP contribution in [0.5, 0.6) is 0 Å². The zero-order valence-electron chi connectivity index (χ0n) is 14.6. The van der Waals surface area contributed by atoms with Gasteiger partial charge in [0.15, 0.2) is 5.78 Å². The standard InChI is InChI=1S/C23H20O3/c1-2-26-23(25)20-13-11-18(12-14-20)21-10-6-7-17(15-21)16-22(24)19-8-4-3-5-9-19/h3-15H,2,16H2,1H3. The van der Waals surface area contributed by atoms with Crippen molar-refractivity contribution < 1.29 is 14.3 Å². The number of hydrogen-bond acceptors (Lipinski definition) is 3. The van der Waals surface area contributed by atoms with Crippen molar-refractivity contribution in [2.75, 3.05) is 6.61 Å². The highest BCUT2D eigenvalue weighted by atomic mass is 16.5. The maximum absolute atomic E-state index is 12.4. The van der Waals surface area contributed by atoms with Gasteiger partial charge in [0.2, 0.25) is 0 Å². The Hall–Kier alpha value is -3.20. The van der Waals surface area contributed by atoms with E-state index in [0.717, 1.165) is 22.3 Å². The maximum Gasteiger partial charge on any atom is 0.338 e. The Labute approximate surface area is 153 Å². The Morgan fingerprint density at radius 1 is 0.769 bits per heavy atom. The van der Waals surface area contributed by atoms with Crippen molar-refractivity contribution in [2.24, 2.45) is 0 Å². The van der Waals surface area contributed by atoms with Gasteiger partial charge in [-0.1, -0.05) is 66.7 Å². The minimum absolute atomic E-state index is 0.0976. The van der Waals surface area contributed by atoms with Crippen molar-refractivity contribution in [3.63, 3.8) is 0 Å². The highest BCUT2D eigenvalue weighted by Crippen LogP contribution is 2.22. The van der Waals surface area contributed by atoms with Crippen LogP contribution in [0.4, 0.5) is 0 Å². The van der Waals surface area contributed by atoms with Crippen LogP contribution in [0.1, 0.15) is 33.2 Å². The minimum Gasteiger partial charge on any atom is -0.462 e. The van der Waals surface area contributed by atoms with E-state index in [0.29, 0.717) is 18.6 Å². The van der Waals surface area contributed by atoms with Crippen molar-refractivity contribution in [1.82, 2.24) is 0 Å². The van der Waals surface area contributed by atoms with Crippen LogP contribution in [0.15, 0.2) is 78.9 Å². The zero-order chi connectivity index (χ0) is 18.4. The van der Waals surface area contributed by atoms with E-state index in [9.17, 15) is 9.59 Å². The molecule has 0 atom stereocenters. The number of benzene rings is 3. The number of hydrogen-bond donors (Lipinski definition) is 0. The van der Waals surface area contributed by atoms with E-state index in [1.165, 1.54) is 0 Å². The van der Waals surface area contributed by atoms with E-state index >= 15 is 0 Å². The van der Waals surface area contributed by atoms with Crippen LogP contribution in [0.25, 0.3) is 11.1 Å². The Morgan fingerprint density at radius 2 is 1.50 bits per heavy atom. The lowest BCUT2D eigenvalue weighted by atomic mass is 9.98. The number of ether oxygens (including phenoxy) is 1. The summed E-state index contributed by atoms with van der Waals surface area (Å²) >= 11 is 0. The Morgan fingerprint density at radius 3 is 2.19 bits per heavy atom. The molecular weight excluding hydrogens is 324 g/mol. The molecule has 130 valence electrons. The monoisotopic (exact) mass is 344 g/mol. The van der Waals surface area contributed by atoms with Gasteiger partial charge in [-0.3, -0.25) is 4.79 Å². The van der Waals surface area contributed by atoms with Gasteiger partial charge in [0.05, 0.1) is 12.2 Å². The SMILES string of the molecule is CCOC(=O)c1ccc(-c2cccc(CC(=O)c3ccccc3)c2)cc1. The molecule has 0 amide bonds. The molecule has 0 radical (unpaired) electrons. The number of carbonyl (C=O) groups excluding carboxylic acids is 2. The first-order chi connectivity index (χ1) is 12.7. The fourth-order valence-electron chi connectivity index (χ4n) is 2.79. The summed E-state index contributed by atoms with van der Waals surface area (Å²) in [5.41, 5.74) is 4.22. The van der Waals surface area contributed by atoms with Crippen molar-refractivity contribution in [2.45, 2.75) is 13.3 Å². The average Bonchev–Trinajstić information content (AvgIpc) is 2.69. The van der Waals surface area contributed by atoms with Gasteiger partial charge in [-0.05, 0) is 35.7 Å². The van der Waals surface area contributed by atoms with Gasteiger partial charge in [0, 0.05) is 12.0 Å². The third-order valence-corrected chi connectivity index (χ3v) is 4.12. The van der Waals surface area contributed by atoms with Gasteiger partial charge in [0.1, 0.15) is 0 Å². The molecule has 3 rings (SSSR count). The summed E-state index contributed by atoms with van der Waals surface area (Å²) < 4.78 is 5.00. The second kappa shape index (κ2) is 8.26. The number of esters is 1. The Kier molecular flexibility index (Phi) is 5.59. The fourth-order valence-corrected chi connectivity index (χ4v) is 2.79. The van der Waals surface area contributed by atoms with Crippen LogP contribution in [0.3, 0.4) is 0 Å². The van der Waals surface area contributed by atoms with E-state index in [1.54, 1.807) is 19.1 Å². The molecule has 0 fully saturated rings. The average molecular weight is 344 g/mol. The van der Waals surface area contributed by atoms with Crippen LogP contribution in [0, 0.1) is 0 Å². The molecule has 0 aromatic heterocycles. The molecule has 3 aromatic carbocycles. The summed E-state index contributed by atoms with van der Waals surface area (Å²) in [5, 5.41) is 0. The Balaban J connectivity index is 1.77. The number of ketones is 1. The summed E-state index contributed by atoms with van der Waals surface area (Å²) in [6.07, 6.45) is 0.360. The second-order valence-corrected chi connectivity index (χ2v) is 5.96. The second-order valence-electron chi connectivity index (χ2n) is 5.96. The summed E-state index contributed by atoms with van der Waals surface area (Å²) in [6.45, 7) is 2.15. The summed E-state index contributed by atoms with van der Waals surface area (Å²) in [7, 11) is 0. The van der Waals surface area contributed by atoms with Crippen molar-refractivity contribution >= 4 is 11.8 Å². The van der Waals surface area contributed by atoms with Crippen molar-refractivity contribution in [1.29, 1.82) is 0 Å². The highest BCUT2D eigenvalue weighted by molar-refractivity contribution is 5.97. The molecule has 0 aliphatic rings. The summed E-state index contributed by atoms with van der Waals surface area (Å²) in [4.78, 5) is 24.1. The van der Waals surface area contributed by atoms with Crippen LogP contribution < -0.4 is 0 Å². The smallest absolute Gasteiger partial charge is 0.338 e. The third-order valence-electron chi connectivity index (χ3n) is 4.12. The van der Waals surface area contributed by atoms with Gasteiger partial charge in [-0.25, -0.2) is 4.79 Å². The van der Waals surface area contributed by atoms with Crippen LogP contribution in [-0.4, -0.2) is 18.4 Å². The van der Waals surface area contributed by atoms with Crippen molar-refractivity contribution in [3.05, 3.63) is 95.6 Å². The maximum atomic E-state index is 12.4. The molecule has 0 spiro atoms. The molecule has 0 bridgehead atoms. The zero-order valence-corrected chi connectivity index (χ0v) is 14.6. The Bertz CT molecular complexity index is 896. The van der Waals surface area contributed by atoms with Crippen LogP contribution in [-0.2, 0) is 11.2 Å². The predicted octanol–water partition coefficient (Wildman–Crippen LogP) is 4.96. The molecule has 0 aliphatic carbocycles. The molecule has 0 unspecified atom stereocenters.